The minimum Gasteiger partial charge on any atom is -0.352 e. The van der Waals surface area contributed by atoms with Gasteiger partial charge in [-0.2, -0.15) is 0 Å². The number of carbonyl (C=O) groups excluding carboxylic acids is 2. The van der Waals surface area contributed by atoms with Crippen molar-refractivity contribution in [2.24, 2.45) is 0 Å². The average molecular weight is 281 g/mol. The van der Waals surface area contributed by atoms with Gasteiger partial charge in [-0.3, -0.25) is 14.5 Å². The molecule has 0 bridgehead atoms. The van der Waals surface area contributed by atoms with Crippen molar-refractivity contribution in [2.75, 3.05) is 20.1 Å². The van der Waals surface area contributed by atoms with Gasteiger partial charge in [-0.1, -0.05) is 11.6 Å². The molecule has 1 N–H and O–H groups in total. The van der Waals surface area contributed by atoms with E-state index < -0.39 is 0 Å². The summed E-state index contributed by atoms with van der Waals surface area (Å²) >= 11 is 5.77. The zero-order valence-corrected chi connectivity index (χ0v) is 11.6. The van der Waals surface area contributed by atoms with Crippen LogP contribution in [-0.2, 0) is 4.79 Å². The molecule has 0 aromatic heterocycles. The Hall–Kier alpha value is -1.39. The Labute approximate surface area is 117 Å². The fraction of sp³-hybridized carbons (Fsp3) is 0.429. The van der Waals surface area contributed by atoms with E-state index in [0.29, 0.717) is 16.6 Å². The summed E-state index contributed by atoms with van der Waals surface area (Å²) in [6.07, 6.45) is 2.14. The van der Waals surface area contributed by atoms with Gasteiger partial charge in [-0.15, -0.1) is 0 Å². The number of amides is 1. The van der Waals surface area contributed by atoms with Crippen molar-refractivity contribution in [3.8, 4) is 0 Å². The maximum absolute atomic E-state index is 12.0. The van der Waals surface area contributed by atoms with E-state index in [1.54, 1.807) is 36.2 Å². The van der Waals surface area contributed by atoms with Crippen LogP contribution in [-0.4, -0.2) is 42.8 Å². The summed E-state index contributed by atoms with van der Waals surface area (Å²) < 4.78 is 0. The number of carbonyl (C=O) groups is 2. The van der Waals surface area contributed by atoms with Crippen LogP contribution in [0.5, 0.6) is 0 Å². The number of ketones is 1. The normalized spacial score (nSPS) is 14.5. The van der Waals surface area contributed by atoms with E-state index in [1.807, 2.05) is 0 Å². The molecule has 0 atom stereocenters. The molecule has 1 aliphatic rings. The highest BCUT2D eigenvalue weighted by Crippen LogP contribution is 2.18. The lowest BCUT2D eigenvalue weighted by atomic mass is 10.1. The average Bonchev–Trinajstić information content (AvgIpc) is 3.13. The summed E-state index contributed by atoms with van der Waals surface area (Å²) in [5.41, 5.74) is 0.610. The smallest absolute Gasteiger partial charge is 0.234 e. The predicted molar refractivity (Wildman–Crippen MR) is 74.4 cm³/mol. The molecule has 1 amide bonds. The molecule has 0 spiro atoms. The zero-order chi connectivity index (χ0) is 13.8. The highest BCUT2D eigenvalue weighted by molar-refractivity contribution is 6.30. The minimum absolute atomic E-state index is 0.0154. The molecule has 1 fully saturated rings. The van der Waals surface area contributed by atoms with Crippen LogP contribution in [0.1, 0.15) is 23.2 Å². The van der Waals surface area contributed by atoms with Crippen molar-refractivity contribution in [1.82, 2.24) is 10.2 Å². The molecule has 0 aliphatic heterocycles. The third-order valence-electron chi connectivity index (χ3n) is 2.94. The third-order valence-corrected chi connectivity index (χ3v) is 3.19. The van der Waals surface area contributed by atoms with Crippen LogP contribution >= 0.6 is 11.6 Å². The Morgan fingerprint density at radius 2 is 1.89 bits per heavy atom. The number of likely N-dealkylation sites (N-methyl/N-ethyl adjacent to an activating group) is 1. The number of Topliss-reactive ketones (excluding diaryl/α,β-unsaturated/α-hetero) is 1. The van der Waals surface area contributed by atoms with Crippen molar-refractivity contribution in [1.29, 1.82) is 0 Å². The second-order valence-corrected chi connectivity index (χ2v) is 5.38. The van der Waals surface area contributed by atoms with E-state index in [1.165, 1.54) is 0 Å². The van der Waals surface area contributed by atoms with Crippen LogP contribution in [0.15, 0.2) is 24.3 Å². The second kappa shape index (κ2) is 6.17. The standard InChI is InChI=1S/C14H17ClN2O2/c1-17(9-14(19)16-12-6-7-12)8-13(18)10-2-4-11(15)5-3-10/h2-5,12H,6-9H2,1H3,(H,16,19). The number of benzene rings is 1. The van der Waals surface area contributed by atoms with Gasteiger partial charge in [0.2, 0.25) is 5.91 Å². The van der Waals surface area contributed by atoms with Crippen LogP contribution in [0.25, 0.3) is 0 Å². The molecule has 0 saturated heterocycles. The SMILES string of the molecule is CN(CC(=O)NC1CC1)CC(=O)c1ccc(Cl)cc1. The van der Waals surface area contributed by atoms with Crippen LogP contribution in [0, 0.1) is 0 Å². The highest BCUT2D eigenvalue weighted by Gasteiger charge is 2.23. The van der Waals surface area contributed by atoms with E-state index in [-0.39, 0.29) is 24.8 Å². The second-order valence-electron chi connectivity index (χ2n) is 4.94. The molecule has 19 heavy (non-hydrogen) atoms. The molecule has 0 heterocycles. The van der Waals surface area contributed by atoms with Gasteiger partial charge in [0.25, 0.3) is 0 Å². The number of nitrogens with zero attached hydrogens (tertiary/aromatic N) is 1. The Balaban J connectivity index is 1.80. The molecule has 1 saturated carbocycles. The molecule has 1 aromatic rings. The highest BCUT2D eigenvalue weighted by atomic mass is 35.5. The first-order chi connectivity index (χ1) is 9.04. The van der Waals surface area contributed by atoms with Gasteiger partial charge in [0, 0.05) is 16.6 Å². The summed E-state index contributed by atoms with van der Waals surface area (Å²) in [5.74, 6) is -0.0349. The molecule has 1 aliphatic carbocycles. The van der Waals surface area contributed by atoms with Gasteiger partial charge >= 0.3 is 0 Å². The minimum atomic E-state index is -0.0195. The quantitative estimate of drug-likeness (QED) is 0.808. The van der Waals surface area contributed by atoms with Gasteiger partial charge in [0.1, 0.15) is 0 Å². The largest absolute Gasteiger partial charge is 0.352 e. The Bertz CT molecular complexity index is 469. The topological polar surface area (TPSA) is 49.4 Å². The molecular formula is C14H17ClN2O2. The number of halogens is 1. The maximum Gasteiger partial charge on any atom is 0.234 e. The maximum atomic E-state index is 12.0. The van der Waals surface area contributed by atoms with Crippen molar-refractivity contribution < 1.29 is 9.59 Å². The lowest BCUT2D eigenvalue weighted by Gasteiger charge is -2.15. The van der Waals surface area contributed by atoms with Gasteiger partial charge < -0.3 is 5.32 Å². The molecule has 0 unspecified atom stereocenters. The van der Waals surface area contributed by atoms with Gasteiger partial charge in [-0.05, 0) is 44.2 Å². The molecule has 0 radical (unpaired) electrons. The third kappa shape index (κ3) is 4.65. The van der Waals surface area contributed by atoms with Crippen LogP contribution in [0.2, 0.25) is 5.02 Å². The van der Waals surface area contributed by atoms with Gasteiger partial charge in [-0.25, -0.2) is 0 Å². The summed E-state index contributed by atoms with van der Waals surface area (Å²) in [5, 5.41) is 3.50. The summed E-state index contributed by atoms with van der Waals surface area (Å²) in [6, 6.07) is 7.13. The first kappa shape index (κ1) is 14.0. The number of hydrogen-bond donors (Lipinski definition) is 1. The fourth-order valence-electron chi connectivity index (χ4n) is 1.77. The van der Waals surface area contributed by atoms with E-state index in [0.717, 1.165) is 12.8 Å². The summed E-state index contributed by atoms with van der Waals surface area (Å²) in [7, 11) is 1.76. The van der Waals surface area contributed by atoms with Crippen molar-refractivity contribution >= 4 is 23.3 Å². The zero-order valence-electron chi connectivity index (χ0n) is 10.9. The molecular weight excluding hydrogens is 264 g/mol. The number of hydrogen-bond acceptors (Lipinski definition) is 3. The van der Waals surface area contributed by atoms with Gasteiger partial charge in [0.05, 0.1) is 13.1 Å². The van der Waals surface area contributed by atoms with E-state index >= 15 is 0 Å². The van der Waals surface area contributed by atoms with Gasteiger partial charge in [0.15, 0.2) is 5.78 Å². The lowest BCUT2D eigenvalue weighted by molar-refractivity contribution is -0.121. The summed E-state index contributed by atoms with van der Waals surface area (Å²) in [6.45, 7) is 0.468. The first-order valence-electron chi connectivity index (χ1n) is 6.31. The van der Waals surface area contributed by atoms with E-state index in [9.17, 15) is 9.59 Å². The predicted octanol–water partition coefficient (Wildman–Crippen LogP) is 1.73. The van der Waals surface area contributed by atoms with E-state index in [2.05, 4.69) is 5.32 Å². The number of nitrogens with one attached hydrogen (secondary N) is 1. The van der Waals surface area contributed by atoms with Crippen molar-refractivity contribution in [3.05, 3.63) is 34.9 Å². The molecule has 5 heteroatoms. The Morgan fingerprint density at radius 1 is 1.26 bits per heavy atom. The van der Waals surface area contributed by atoms with Crippen molar-refractivity contribution in [3.63, 3.8) is 0 Å². The fourth-order valence-corrected chi connectivity index (χ4v) is 1.90. The van der Waals surface area contributed by atoms with E-state index in [4.69, 9.17) is 11.6 Å². The monoisotopic (exact) mass is 280 g/mol. The molecule has 102 valence electrons. The summed E-state index contributed by atoms with van der Waals surface area (Å²) in [4.78, 5) is 25.3. The lowest BCUT2D eigenvalue weighted by Crippen LogP contribution is -2.38. The molecule has 4 nitrogen and oxygen atoms in total. The van der Waals surface area contributed by atoms with Crippen LogP contribution in [0.4, 0.5) is 0 Å². The first-order valence-corrected chi connectivity index (χ1v) is 6.69. The Morgan fingerprint density at radius 3 is 2.47 bits per heavy atom. The van der Waals surface area contributed by atoms with Crippen molar-refractivity contribution in [2.45, 2.75) is 18.9 Å². The van der Waals surface area contributed by atoms with Crippen LogP contribution < -0.4 is 5.32 Å². The van der Waals surface area contributed by atoms with Crippen LogP contribution in [0.3, 0.4) is 0 Å². The Kier molecular flexibility index (Phi) is 4.56. The molecule has 2 rings (SSSR count). The number of rotatable bonds is 6. The molecule has 1 aromatic carbocycles.